The summed E-state index contributed by atoms with van der Waals surface area (Å²) in [6.45, 7) is 6.66. The fourth-order valence-corrected chi connectivity index (χ4v) is 9.62. The first-order valence-corrected chi connectivity index (χ1v) is 32.6. The zero-order valence-electron chi connectivity index (χ0n) is 49.6. The van der Waals surface area contributed by atoms with E-state index < -0.39 is 6.10 Å². The van der Waals surface area contributed by atoms with E-state index in [4.69, 9.17) is 14.2 Å². The highest BCUT2D eigenvalue weighted by atomic mass is 16.6. The first kappa shape index (κ1) is 71.4. The number of carbonyl (C=O) groups is 3. The summed E-state index contributed by atoms with van der Waals surface area (Å²) in [5.41, 5.74) is 0. The number of hydrogen-bond donors (Lipinski definition) is 0. The minimum absolute atomic E-state index is 0.0727. The highest BCUT2D eigenvalue weighted by Crippen LogP contribution is 2.17. The molecular formula is C68H124O6. The standard InChI is InChI=1S/C68H124O6/c1-4-7-10-13-16-19-22-25-27-29-30-31-32-33-34-35-36-37-38-39-41-43-46-49-52-55-58-61-67(70)73-64-65(63-72-66(69)60-57-54-51-48-45-42-24-21-18-15-12-9-6-3)74-68(71)62-59-56-53-50-47-44-40-28-26-23-20-17-14-11-8-5-2/h22,25,28-30,32-33,40,65H,4-21,23-24,26-27,31,34-39,41-64H2,1-3H3/b25-22-,30-29-,33-32-,40-28-. The van der Waals surface area contributed by atoms with Crippen LogP contribution in [0.2, 0.25) is 0 Å². The molecule has 0 aliphatic rings. The van der Waals surface area contributed by atoms with Crippen molar-refractivity contribution in [2.75, 3.05) is 13.2 Å². The second-order valence-electron chi connectivity index (χ2n) is 22.0. The Balaban J connectivity index is 4.24. The molecule has 0 heterocycles. The zero-order valence-corrected chi connectivity index (χ0v) is 49.6. The van der Waals surface area contributed by atoms with Gasteiger partial charge in [0.15, 0.2) is 6.10 Å². The van der Waals surface area contributed by atoms with Crippen LogP contribution >= 0.6 is 0 Å². The Morgan fingerprint density at radius 1 is 0.270 bits per heavy atom. The van der Waals surface area contributed by atoms with E-state index in [9.17, 15) is 14.4 Å². The van der Waals surface area contributed by atoms with Gasteiger partial charge in [0, 0.05) is 19.3 Å². The van der Waals surface area contributed by atoms with E-state index in [2.05, 4.69) is 69.4 Å². The number of rotatable bonds is 60. The molecule has 0 bridgehead atoms. The molecule has 0 aromatic heterocycles. The summed E-state index contributed by atoms with van der Waals surface area (Å²) in [5, 5.41) is 0. The third kappa shape index (κ3) is 60.2. The van der Waals surface area contributed by atoms with Crippen LogP contribution in [0.15, 0.2) is 48.6 Å². The monoisotopic (exact) mass is 1040 g/mol. The van der Waals surface area contributed by atoms with Gasteiger partial charge in [-0.2, -0.15) is 0 Å². The lowest BCUT2D eigenvalue weighted by Crippen LogP contribution is -2.30. The van der Waals surface area contributed by atoms with Gasteiger partial charge in [0.25, 0.3) is 0 Å². The molecule has 0 aliphatic carbocycles. The first-order chi connectivity index (χ1) is 36.5. The van der Waals surface area contributed by atoms with Gasteiger partial charge in [0.05, 0.1) is 0 Å². The Hall–Kier alpha value is -2.63. The van der Waals surface area contributed by atoms with E-state index in [1.807, 2.05) is 0 Å². The van der Waals surface area contributed by atoms with E-state index in [1.54, 1.807) is 0 Å². The molecule has 0 saturated heterocycles. The first-order valence-electron chi connectivity index (χ1n) is 32.6. The van der Waals surface area contributed by atoms with Crippen LogP contribution in [0.4, 0.5) is 0 Å². The summed E-state index contributed by atoms with van der Waals surface area (Å²) < 4.78 is 16.9. The van der Waals surface area contributed by atoms with Crippen LogP contribution in [0.25, 0.3) is 0 Å². The van der Waals surface area contributed by atoms with Crippen LogP contribution in [-0.4, -0.2) is 37.2 Å². The SMILES string of the molecule is CCCCCCC/C=C\C/C=C\C/C=C\CCCCCCCCCCCCCCC(=O)OCC(COC(=O)CCCCCCCCCCCCCCC)OC(=O)CCCCCCC/C=C\CCCCCCCCC. The van der Waals surface area contributed by atoms with Gasteiger partial charge in [-0.25, -0.2) is 0 Å². The highest BCUT2D eigenvalue weighted by Gasteiger charge is 2.19. The van der Waals surface area contributed by atoms with Gasteiger partial charge in [0.2, 0.25) is 0 Å². The predicted molar refractivity (Wildman–Crippen MR) is 321 cm³/mol. The number of unbranched alkanes of at least 4 members (excludes halogenated alkanes) is 41. The molecule has 0 aromatic carbocycles. The predicted octanol–water partition coefficient (Wildman–Crippen LogP) is 22.2. The number of esters is 3. The Morgan fingerprint density at radius 3 is 0.770 bits per heavy atom. The van der Waals surface area contributed by atoms with Crippen molar-refractivity contribution in [1.82, 2.24) is 0 Å². The molecule has 0 radical (unpaired) electrons. The van der Waals surface area contributed by atoms with Crippen molar-refractivity contribution in [2.45, 2.75) is 354 Å². The van der Waals surface area contributed by atoms with Gasteiger partial charge in [-0.05, 0) is 83.5 Å². The molecule has 0 amide bonds. The summed E-state index contributed by atoms with van der Waals surface area (Å²) in [6, 6.07) is 0. The van der Waals surface area contributed by atoms with Crippen LogP contribution < -0.4 is 0 Å². The van der Waals surface area contributed by atoms with Gasteiger partial charge in [-0.3, -0.25) is 14.4 Å². The van der Waals surface area contributed by atoms with Crippen molar-refractivity contribution in [3.63, 3.8) is 0 Å². The molecule has 0 spiro atoms. The molecule has 74 heavy (non-hydrogen) atoms. The Morgan fingerprint density at radius 2 is 0.486 bits per heavy atom. The molecule has 1 unspecified atom stereocenters. The maximum atomic E-state index is 12.9. The molecule has 0 fully saturated rings. The minimum atomic E-state index is -0.776. The molecule has 0 aliphatic heterocycles. The Labute approximate surface area is 460 Å². The molecule has 6 nitrogen and oxygen atoms in total. The number of carbonyl (C=O) groups excluding carboxylic acids is 3. The quantitative estimate of drug-likeness (QED) is 0.0261. The average Bonchev–Trinajstić information content (AvgIpc) is 3.40. The van der Waals surface area contributed by atoms with E-state index in [-0.39, 0.29) is 31.1 Å². The summed E-state index contributed by atoms with van der Waals surface area (Å²) >= 11 is 0. The van der Waals surface area contributed by atoms with Gasteiger partial charge < -0.3 is 14.2 Å². The van der Waals surface area contributed by atoms with Gasteiger partial charge >= 0.3 is 17.9 Å². The Bertz CT molecular complexity index is 1280. The number of allylic oxidation sites excluding steroid dienone is 8. The van der Waals surface area contributed by atoms with Crippen molar-refractivity contribution in [3.05, 3.63) is 48.6 Å². The fourth-order valence-electron chi connectivity index (χ4n) is 9.62. The van der Waals surface area contributed by atoms with Crippen LogP contribution in [0.3, 0.4) is 0 Å². The van der Waals surface area contributed by atoms with E-state index in [0.29, 0.717) is 19.3 Å². The van der Waals surface area contributed by atoms with Crippen molar-refractivity contribution in [2.24, 2.45) is 0 Å². The van der Waals surface area contributed by atoms with Crippen molar-refractivity contribution in [3.8, 4) is 0 Å². The van der Waals surface area contributed by atoms with E-state index in [0.717, 1.165) is 77.0 Å². The lowest BCUT2D eigenvalue weighted by Gasteiger charge is -2.18. The molecule has 6 heteroatoms. The molecule has 0 saturated carbocycles. The second kappa shape index (κ2) is 62.9. The second-order valence-corrected chi connectivity index (χ2v) is 22.0. The molecule has 1 atom stereocenters. The largest absolute Gasteiger partial charge is 0.462 e. The molecule has 0 N–H and O–H groups in total. The van der Waals surface area contributed by atoms with Gasteiger partial charge in [-0.15, -0.1) is 0 Å². The fraction of sp³-hybridized carbons (Fsp3) is 0.838. The van der Waals surface area contributed by atoms with E-state index >= 15 is 0 Å². The Kier molecular flexibility index (Phi) is 60.7. The van der Waals surface area contributed by atoms with Crippen LogP contribution in [0.1, 0.15) is 348 Å². The normalized spacial score (nSPS) is 12.3. The lowest BCUT2D eigenvalue weighted by molar-refractivity contribution is -0.167. The summed E-state index contributed by atoms with van der Waals surface area (Å²) in [6.07, 6.45) is 78.3. The maximum absolute atomic E-state index is 12.9. The van der Waals surface area contributed by atoms with Crippen molar-refractivity contribution < 1.29 is 28.6 Å². The number of ether oxygens (including phenoxy) is 3. The topological polar surface area (TPSA) is 78.9 Å². The smallest absolute Gasteiger partial charge is 0.306 e. The third-order valence-electron chi connectivity index (χ3n) is 14.6. The lowest BCUT2D eigenvalue weighted by atomic mass is 10.0. The van der Waals surface area contributed by atoms with Gasteiger partial charge in [-0.1, -0.05) is 294 Å². The van der Waals surface area contributed by atoms with Crippen molar-refractivity contribution in [1.29, 1.82) is 0 Å². The van der Waals surface area contributed by atoms with Gasteiger partial charge in [0.1, 0.15) is 13.2 Å². The highest BCUT2D eigenvalue weighted by molar-refractivity contribution is 5.71. The van der Waals surface area contributed by atoms with E-state index in [1.165, 1.54) is 231 Å². The van der Waals surface area contributed by atoms with Crippen LogP contribution in [0, 0.1) is 0 Å². The molecule has 0 rings (SSSR count). The maximum Gasteiger partial charge on any atom is 0.306 e. The third-order valence-corrected chi connectivity index (χ3v) is 14.6. The van der Waals surface area contributed by atoms with Crippen LogP contribution in [-0.2, 0) is 28.6 Å². The summed E-state index contributed by atoms with van der Waals surface area (Å²) in [4.78, 5) is 38.3. The molecule has 0 aromatic rings. The zero-order chi connectivity index (χ0) is 53.6. The van der Waals surface area contributed by atoms with Crippen LogP contribution in [0.5, 0.6) is 0 Å². The summed E-state index contributed by atoms with van der Waals surface area (Å²) in [5.74, 6) is -0.863. The minimum Gasteiger partial charge on any atom is -0.462 e. The molecule has 432 valence electrons. The average molecular weight is 1040 g/mol. The number of hydrogen-bond acceptors (Lipinski definition) is 6. The van der Waals surface area contributed by atoms with Crippen molar-refractivity contribution >= 4 is 17.9 Å². The molecular weight excluding hydrogens is 913 g/mol. The summed E-state index contributed by atoms with van der Waals surface area (Å²) in [7, 11) is 0.